The van der Waals surface area contributed by atoms with Crippen molar-refractivity contribution in [1.82, 2.24) is 0 Å². The largest absolute Gasteiger partial charge is 0.449 e. The maximum atomic E-state index is 6.43. The number of aryl methyl sites for hydroxylation is 4. The van der Waals surface area contributed by atoms with Crippen LogP contribution in [-0.4, -0.2) is 0 Å². The second-order valence-corrected chi connectivity index (χ2v) is 9.85. The molecule has 0 atom stereocenters. The molecule has 158 valence electrons. The van der Waals surface area contributed by atoms with E-state index in [0.717, 1.165) is 39.7 Å². The Labute approximate surface area is 184 Å². The maximum Gasteiger partial charge on any atom is 0.249 e. The van der Waals surface area contributed by atoms with Crippen LogP contribution in [-0.2, 0) is 5.41 Å². The predicted molar refractivity (Wildman–Crippen MR) is 129 cm³/mol. The Morgan fingerprint density at radius 3 is 2.10 bits per heavy atom. The lowest BCUT2D eigenvalue weighted by molar-refractivity contribution is 0.463. The van der Waals surface area contributed by atoms with E-state index >= 15 is 0 Å². The van der Waals surface area contributed by atoms with E-state index in [-0.39, 0.29) is 5.41 Å². The minimum Gasteiger partial charge on any atom is -0.449 e. The molecule has 5 rings (SSSR count). The van der Waals surface area contributed by atoms with Crippen molar-refractivity contribution < 1.29 is 9.15 Å². The highest BCUT2D eigenvalue weighted by Crippen LogP contribution is 2.55. The highest BCUT2D eigenvalue weighted by molar-refractivity contribution is 5.97. The van der Waals surface area contributed by atoms with Gasteiger partial charge in [0.25, 0.3) is 0 Å². The zero-order chi connectivity index (χ0) is 22.1. The van der Waals surface area contributed by atoms with Gasteiger partial charge in [-0.15, -0.1) is 0 Å². The minimum atomic E-state index is 0.0934. The van der Waals surface area contributed by atoms with Gasteiger partial charge in [0.15, 0.2) is 11.5 Å². The summed E-state index contributed by atoms with van der Waals surface area (Å²) in [5, 5.41) is 0.999. The summed E-state index contributed by atoms with van der Waals surface area (Å²) in [5.41, 5.74) is 9.22. The third-order valence-corrected chi connectivity index (χ3v) is 6.13. The van der Waals surface area contributed by atoms with Gasteiger partial charge in [0.1, 0.15) is 5.58 Å². The minimum absolute atomic E-state index is 0.0934. The molecule has 0 saturated heterocycles. The summed E-state index contributed by atoms with van der Waals surface area (Å²) in [6.07, 6.45) is 0. The Kier molecular flexibility index (Phi) is 4.23. The lowest BCUT2D eigenvalue weighted by Gasteiger charge is -2.33. The van der Waals surface area contributed by atoms with Gasteiger partial charge >= 0.3 is 0 Å². The number of nitrogens with zero attached hydrogens (tertiary/aromatic N) is 1. The van der Waals surface area contributed by atoms with Crippen LogP contribution in [0.1, 0.15) is 48.6 Å². The molecule has 0 unspecified atom stereocenters. The van der Waals surface area contributed by atoms with E-state index in [4.69, 9.17) is 9.15 Å². The van der Waals surface area contributed by atoms with Crippen LogP contribution in [0.4, 0.5) is 17.3 Å². The molecule has 4 aromatic rings. The van der Waals surface area contributed by atoms with Gasteiger partial charge in [0.2, 0.25) is 5.88 Å². The molecule has 0 radical (unpaired) electrons. The molecular weight excluding hydrogens is 382 g/mol. The molecule has 31 heavy (non-hydrogen) atoms. The first-order chi connectivity index (χ1) is 14.6. The standard InChI is InChI=1S/C28H29NO2/c1-16-8-10-21-23(12-16)31-27-26(21)30-24-13-17(2)9-11-22(24)29(27)25-18(3)14-20(15-19(25)4)28(5,6)7/h8-15H,1-7H3. The average Bonchev–Trinajstić information content (AvgIpc) is 3.03. The van der Waals surface area contributed by atoms with Crippen LogP contribution < -0.4 is 9.64 Å². The first kappa shape index (κ1) is 19.7. The Balaban J connectivity index is 1.81. The molecule has 2 heterocycles. The summed E-state index contributed by atoms with van der Waals surface area (Å²) in [4.78, 5) is 2.24. The molecule has 0 bridgehead atoms. The Morgan fingerprint density at radius 1 is 0.774 bits per heavy atom. The van der Waals surface area contributed by atoms with E-state index in [1.165, 1.54) is 27.8 Å². The smallest absolute Gasteiger partial charge is 0.249 e. The first-order valence-corrected chi connectivity index (χ1v) is 10.9. The van der Waals surface area contributed by atoms with Gasteiger partial charge in [0, 0.05) is 0 Å². The third-order valence-electron chi connectivity index (χ3n) is 6.13. The number of rotatable bonds is 1. The Morgan fingerprint density at radius 2 is 1.42 bits per heavy atom. The van der Waals surface area contributed by atoms with Crippen molar-refractivity contribution in [2.75, 3.05) is 4.90 Å². The second kappa shape index (κ2) is 6.65. The van der Waals surface area contributed by atoms with Crippen LogP contribution in [0, 0.1) is 27.7 Å². The van der Waals surface area contributed by atoms with Gasteiger partial charge in [-0.2, -0.15) is 0 Å². The first-order valence-electron chi connectivity index (χ1n) is 10.9. The van der Waals surface area contributed by atoms with Gasteiger partial charge in [-0.25, -0.2) is 0 Å². The number of furan rings is 1. The molecular formula is C28H29NO2. The molecule has 1 aromatic heterocycles. The number of hydrogen-bond donors (Lipinski definition) is 0. The summed E-state index contributed by atoms with van der Waals surface area (Å²) >= 11 is 0. The molecule has 3 nitrogen and oxygen atoms in total. The van der Waals surface area contributed by atoms with Crippen molar-refractivity contribution in [3.8, 4) is 11.5 Å². The molecule has 0 N–H and O–H groups in total. The SMILES string of the molecule is Cc1ccc2c(c1)Oc1c(oc3cc(C)ccc13)N2c1c(C)cc(C(C)(C)C)cc1C. The van der Waals surface area contributed by atoms with Crippen LogP contribution in [0.5, 0.6) is 11.5 Å². The van der Waals surface area contributed by atoms with Crippen molar-refractivity contribution in [3.63, 3.8) is 0 Å². The van der Waals surface area contributed by atoms with Crippen molar-refractivity contribution in [2.45, 2.75) is 53.9 Å². The Hall–Kier alpha value is -3.20. The van der Waals surface area contributed by atoms with Crippen molar-refractivity contribution >= 4 is 28.2 Å². The van der Waals surface area contributed by atoms with E-state index < -0.39 is 0 Å². The highest BCUT2D eigenvalue weighted by Gasteiger charge is 2.33. The maximum absolute atomic E-state index is 6.43. The quantitative estimate of drug-likeness (QED) is 0.276. The second-order valence-electron chi connectivity index (χ2n) is 9.85. The monoisotopic (exact) mass is 411 g/mol. The third kappa shape index (κ3) is 3.11. The van der Waals surface area contributed by atoms with E-state index in [1.807, 2.05) is 0 Å². The predicted octanol–water partition coefficient (Wildman–Crippen LogP) is 8.54. The fraction of sp³-hybridized carbons (Fsp3) is 0.286. The normalized spacial score (nSPS) is 13.2. The topological polar surface area (TPSA) is 25.6 Å². The summed E-state index contributed by atoms with van der Waals surface area (Å²) < 4.78 is 12.9. The number of hydrogen-bond acceptors (Lipinski definition) is 3. The fourth-order valence-corrected chi connectivity index (χ4v) is 4.48. The number of ether oxygens (including phenoxy) is 1. The van der Waals surface area contributed by atoms with Crippen LogP contribution in [0.25, 0.3) is 11.0 Å². The van der Waals surface area contributed by atoms with Gasteiger partial charge in [0.05, 0.1) is 16.8 Å². The number of benzene rings is 3. The zero-order valence-electron chi connectivity index (χ0n) is 19.4. The number of fused-ring (bicyclic) bond motifs is 4. The van der Waals surface area contributed by atoms with Crippen molar-refractivity contribution in [3.05, 3.63) is 76.3 Å². The van der Waals surface area contributed by atoms with Gasteiger partial charge in [-0.3, -0.25) is 4.90 Å². The average molecular weight is 412 g/mol. The molecule has 1 aliphatic heterocycles. The van der Waals surface area contributed by atoms with Crippen molar-refractivity contribution in [1.29, 1.82) is 0 Å². The lowest BCUT2D eigenvalue weighted by atomic mass is 9.84. The van der Waals surface area contributed by atoms with Crippen LogP contribution in [0.2, 0.25) is 0 Å². The van der Waals surface area contributed by atoms with Crippen molar-refractivity contribution in [2.24, 2.45) is 0 Å². The molecule has 1 aliphatic rings. The summed E-state index contributed by atoms with van der Waals surface area (Å²) in [6, 6.07) is 17.2. The molecule has 0 saturated carbocycles. The molecule has 0 fully saturated rings. The Bertz CT molecular complexity index is 1310. The molecule has 0 spiro atoms. The van der Waals surface area contributed by atoms with Crippen LogP contribution in [0.3, 0.4) is 0 Å². The zero-order valence-corrected chi connectivity index (χ0v) is 19.4. The van der Waals surface area contributed by atoms with Gasteiger partial charge in [-0.05, 0) is 85.2 Å². The molecule has 0 amide bonds. The van der Waals surface area contributed by atoms with E-state index in [2.05, 4.69) is 102 Å². The van der Waals surface area contributed by atoms with E-state index in [9.17, 15) is 0 Å². The lowest BCUT2D eigenvalue weighted by Crippen LogP contribution is -2.18. The fourth-order valence-electron chi connectivity index (χ4n) is 4.48. The van der Waals surface area contributed by atoms with E-state index in [0.29, 0.717) is 0 Å². The van der Waals surface area contributed by atoms with Gasteiger partial charge in [-0.1, -0.05) is 45.0 Å². The van der Waals surface area contributed by atoms with Crippen LogP contribution in [0.15, 0.2) is 52.9 Å². The summed E-state index contributed by atoms with van der Waals surface area (Å²) in [5.74, 6) is 2.38. The molecule has 3 aromatic carbocycles. The number of anilines is 3. The summed E-state index contributed by atoms with van der Waals surface area (Å²) in [7, 11) is 0. The van der Waals surface area contributed by atoms with Crippen LogP contribution >= 0.6 is 0 Å². The van der Waals surface area contributed by atoms with E-state index in [1.54, 1.807) is 0 Å². The molecule has 3 heteroatoms. The molecule has 0 aliphatic carbocycles. The highest BCUT2D eigenvalue weighted by atomic mass is 16.5. The van der Waals surface area contributed by atoms with Gasteiger partial charge < -0.3 is 9.15 Å². The summed E-state index contributed by atoms with van der Waals surface area (Å²) in [6.45, 7) is 15.3.